The first-order valence-electron chi connectivity index (χ1n) is 7.51. The molecule has 21 heavy (non-hydrogen) atoms. The van der Waals surface area contributed by atoms with Crippen molar-refractivity contribution in [2.75, 3.05) is 31.9 Å². The van der Waals surface area contributed by atoms with Gasteiger partial charge in [-0.05, 0) is 43.9 Å². The van der Waals surface area contributed by atoms with Crippen LogP contribution in [0.5, 0.6) is 0 Å². The zero-order valence-corrected chi connectivity index (χ0v) is 13.5. The molecule has 0 unspecified atom stereocenters. The molecule has 116 valence electrons. The van der Waals surface area contributed by atoms with E-state index in [-0.39, 0.29) is 0 Å². The van der Waals surface area contributed by atoms with Crippen LogP contribution in [0.4, 0.5) is 5.69 Å². The quantitative estimate of drug-likeness (QED) is 0.856. The molecule has 1 saturated heterocycles. The Kier molecular flexibility index (Phi) is 3.71. The molecule has 0 spiro atoms. The highest BCUT2D eigenvalue weighted by molar-refractivity contribution is 7.89. The van der Waals surface area contributed by atoms with E-state index in [2.05, 4.69) is 4.90 Å². The number of nitrogen functional groups attached to an aromatic ring is 1. The van der Waals surface area contributed by atoms with Gasteiger partial charge in [0.15, 0.2) is 0 Å². The molecule has 6 heteroatoms. The molecule has 1 heterocycles. The van der Waals surface area contributed by atoms with Crippen molar-refractivity contribution in [2.45, 2.75) is 37.6 Å². The number of hydrogen-bond donors (Lipinski definition) is 1. The Morgan fingerprint density at radius 2 is 1.71 bits per heavy atom. The van der Waals surface area contributed by atoms with Crippen LogP contribution in [0.15, 0.2) is 17.0 Å². The van der Waals surface area contributed by atoms with Crippen LogP contribution >= 0.6 is 0 Å². The maximum Gasteiger partial charge on any atom is 0.245 e. The first-order valence-corrected chi connectivity index (χ1v) is 8.95. The third-order valence-corrected chi connectivity index (χ3v) is 6.74. The van der Waals surface area contributed by atoms with E-state index in [0.717, 1.165) is 24.2 Å². The van der Waals surface area contributed by atoms with Crippen molar-refractivity contribution in [1.29, 1.82) is 0 Å². The van der Waals surface area contributed by atoms with Crippen LogP contribution in [0.3, 0.4) is 0 Å². The number of rotatable bonds is 3. The molecule has 2 fully saturated rings. The highest BCUT2D eigenvalue weighted by Crippen LogP contribution is 2.31. The molecule has 1 aromatic carbocycles. The van der Waals surface area contributed by atoms with Crippen molar-refractivity contribution >= 4 is 15.7 Å². The first-order chi connectivity index (χ1) is 9.91. The predicted molar refractivity (Wildman–Crippen MR) is 83.7 cm³/mol. The molecule has 2 aliphatic rings. The molecule has 3 rings (SSSR count). The van der Waals surface area contributed by atoms with Crippen LogP contribution in [0.1, 0.15) is 24.0 Å². The van der Waals surface area contributed by atoms with Gasteiger partial charge in [0.1, 0.15) is 4.90 Å². The Balaban J connectivity index is 1.86. The molecule has 1 saturated carbocycles. The predicted octanol–water partition coefficient (Wildman–Crippen LogP) is 1.35. The van der Waals surface area contributed by atoms with Crippen LogP contribution in [0.2, 0.25) is 0 Å². The van der Waals surface area contributed by atoms with Gasteiger partial charge in [-0.1, -0.05) is 6.07 Å². The summed E-state index contributed by atoms with van der Waals surface area (Å²) in [5.41, 5.74) is 8.02. The Hall–Kier alpha value is -1.11. The Morgan fingerprint density at radius 1 is 1.10 bits per heavy atom. The van der Waals surface area contributed by atoms with Crippen molar-refractivity contribution < 1.29 is 8.42 Å². The minimum absolute atomic E-state index is 0.294. The number of nitrogens with zero attached hydrogens (tertiary/aromatic N) is 2. The molecule has 1 aliphatic heterocycles. The maximum atomic E-state index is 12.9. The first kappa shape index (κ1) is 14.8. The van der Waals surface area contributed by atoms with E-state index in [1.54, 1.807) is 10.4 Å². The summed E-state index contributed by atoms with van der Waals surface area (Å²) >= 11 is 0. The van der Waals surface area contributed by atoms with E-state index in [4.69, 9.17) is 5.73 Å². The average Bonchev–Trinajstić information content (AvgIpc) is 3.28. The van der Waals surface area contributed by atoms with Gasteiger partial charge in [-0.3, -0.25) is 4.90 Å². The minimum atomic E-state index is -3.49. The average molecular weight is 309 g/mol. The monoisotopic (exact) mass is 309 g/mol. The number of hydrogen-bond acceptors (Lipinski definition) is 4. The van der Waals surface area contributed by atoms with E-state index in [9.17, 15) is 8.42 Å². The molecule has 0 bridgehead atoms. The number of piperazine rings is 1. The lowest BCUT2D eigenvalue weighted by Gasteiger charge is -2.34. The van der Waals surface area contributed by atoms with E-state index in [1.165, 1.54) is 12.8 Å². The third kappa shape index (κ3) is 2.67. The van der Waals surface area contributed by atoms with Gasteiger partial charge in [-0.15, -0.1) is 0 Å². The summed E-state index contributed by atoms with van der Waals surface area (Å²) in [5, 5.41) is 0. The Labute approximate surface area is 126 Å². The van der Waals surface area contributed by atoms with Gasteiger partial charge < -0.3 is 5.73 Å². The highest BCUT2D eigenvalue weighted by Gasteiger charge is 2.36. The van der Waals surface area contributed by atoms with E-state index in [1.807, 2.05) is 19.9 Å². The SMILES string of the molecule is Cc1ccc(N)c(S(=O)(=O)N2CCN(C3CC3)CC2)c1C. The fraction of sp³-hybridized carbons (Fsp3) is 0.600. The normalized spacial score (nSPS) is 21.6. The largest absolute Gasteiger partial charge is 0.398 e. The number of aryl methyl sites for hydroxylation is 1. The third-order valence-electron chi connectivity index (χ3n) is 4.64. The number of benzene rings is 1. The Morgan fingerprint density at radius 3 is 2.29 bits per heavy atom. The molecule has 0 aromatic heterocycles. The van der Waals surface area contributed by atoms with Gasteiger partial charge in [0, 0.05) is 32.2 Å². The van der Waals surface area contributed by atoms with Crippen LogP contribution in [-0.4, -0.2) is 49.8 Å². The van der Waals surface area contributed by atoms with Gasteiger partial charge in [0.25, 0.3) is 0 Å². The summed E-state index contributed by atoms with van der Waals surface area (Å²) in [6, 6.07) is 4.25. The molecule has 0 amide bonds. The second-order valence-electron chi connectivity index (χ2n) is 6.10. The molecule has 5 nitrogen and oxygen atoms in total. The molecular formula is C15H23N3O2S. The molecule has 1 aromatic rings. The van der Waals surface area contributed by atoms with E-state index in [0.29, 0.717) is 29.7 Å². The van der Waals surface area contributed by atoms with Gasteiger partial charge in [-0.25, -0.2) is 8.42 Å². The lowest BCUT2D eigenvalue weighted by Crippen LogP contribution is -2.49. The highest BCUT2D eigenvalue weighted by atomic mass is 32.2. The van der Waals surface area contributed by atoms with E-state index >= 15 is 0 Å². The van der Waals surface area contributed by atoms with Crippen LogP contribution in [-0.2, 0) is 10.0 Å². The summed E-state index contributed by atoms with van der Waals surface area (Å²) in [7, 11) is -3.49. The summed E-state index contributed by atoms with van der Waals surface area (Å²) in [5.74, 6) is 0. The van der Waals surface area contributed by atoms with Gasteiger partial charge in [-0.2, -0.15) is 4.31 Å². The minimum Gasteiger partial charge on any atom is -0.398 e. The zero-order valence-electron chi connectivity index (χ0n) is 12.7. The maximum absolute atomic E-state index is 12.9. The second kappa shape index (κ2) is 5.26. The topological polar surface area (TPSA) is 66.6 Å². The smallest absolute Gasteiger partial charge is 0.245 e. The number of nitrogens with two attached hydrogens (primary N) is 1. The lowest BCUT2D eigenvalue weighted by atomic mass is 10.1. The number of anilines is 1. The van der Waals surface area contributed by atoms with Crippen LogP contribution in [0.25, 0.3) is 0 Å². The van der Waals surface area contributed by atoms with Crippen molar-refractivity contribution in [2.24, 2.45) is 0 Å². The fourth-order valence-corrected chi connectivity index (χ4v) is 4.85. The van der Waals surface area contributed by atoms with Crippen molar-refractivity contribution in [1.82, 2.24) is 9.21 Å². The molecule has 2 N–H and O–H groups in total. The zero-order chi connectivity index (χ0) is 15.2. The van der Waals surface area contributed by atoms with Crippen molar-refractivity contribution in [3.05, 3.63) is 23.3 Å². The van der Waals surface area contributed by atoms with Gasteiger partial charge >= 0.3 is 0 Å². The molecule has 0 radical (unpaired) electrons. The molecular weight excluding hydrogens is 286 g/mol. The number of sulfonamides is 1. The molecule has 0 atom stereocenters. The summed E-state index contributed by atoms with van der Waals surface area (Å²) in [4.78, 5) is 2.70. The lowest BCUT2D eigenvalue weighted by molar-refractivity contribution is 0.180. The van der Waals surface area contributed by atoms with Crippen LogP contribution in [0, 0.1) is 13.8 Å². The fourth-order valence-electron chi connectivity index (χ4n) is 3.03. The summed E-state index contributed by atoms with van der Waals surface area (Å²) in [6.07, 6.45) is 2.52. The summed E-state index contributed by atoms with van der Waals surface area (Å²) in [6.45, 7) is 6.53. The van der Waals surface area contributed by atoms with E-state index < -0.39 is 10.0 Å². The summed E-state index contributed by atoms with van der Waals surface area (Å²) < 4.78 is 27.4. The van der Waals surface area contributed by atoms with Gasteiger partial charge in [0.2, 0.25) is 10.0 Å². The van der Waals surface area contributed by atoms with Gasteiger partial charge in [0.05, 0.1) is 5.69 Å². The van der Waals surface area contributed by atoms with Crippen molar-refractivity contribution in [3.63, 3.8) is 0 Å². The Bertz CT molecular complexity index is 645. The molecule has 1 aliphatic carbocycles. The second-order valence-corrected chi connectivity index (χ2v) is 7.97. The standard InChI is InChI=1S/C15H23N3O2S/c1-11-3-6-14(16)15(12(11)2)21(19,20)18-9-7-17(8-10-18)13-4-5-13/h3,6,13H,4-5,7-10,16H2,1-2H3. The van der Waals surface area contributed by atoms with Crippen molar-refractivity contribution in [3.8, 4) is 0 Å². The van der Waals surface area contributed by atoms with Crippen LogP contribution < -0.4 is 5.73 Å².